The number of carbonyl (C=O) groups is 1. The molecule has 4 nitrogen and oxygen atoms in total. The molecule has 1 N–H and O–H groups in total. The van der Waals surface area contributed by atoms with Gasteiger partial charge in [0.15, 0.2) is 6.10 Å². The lowest BCUT2D eigenvalue weighted by Gasteiger charge is -2.29. The van der Waals surface area contributed by atoms with E-state index in [1.807, 2.05) is 4.90 Å². The molecule has 0 spiro atoms. The molecule has 3 rings (SSSR count). The van der Waals surface area contributed by atoms with Crippen molar-refractivity contribution in [2.75, 3.05) is 26.2 Å². The van der Waals surface area contributed by atoms with Gasteiger partial charge in [-0.05, 0) is 36.6 Å². The van der Waals surface area contributed by atoms with Crippen LogP contribution in [0.5, 0.6) is 5.75 Å². The molecule has 0 radical (unpaired) electrons. The largest absolute Gasteiger partial charge is 0.480 e. The van der Waals surface area contributed by atoms with E-state index in [-0.39, 0.29) is 24.4 Å². The summed E-state index contributed by atoms with van der Waals surface area (Å²) < 4.78 is 5.85. The van der Waals surface area contributed by atoms with Gasteiger partial charge >= 0.3 is 0 Å². The average molecular weight is 297 g/mol. The summed E-state index contributed by atoms with van der Waals surface area (Å²) in [6.45, 7) is 7.50. The van der Waals surface area contributed by atoms with Crippen molar-refractivity contribution in [3.8, 4) is 5.75 Å². The molecule has 1 aromatic rings. The third-order valence-electron chi connectivity index (χ3n) is 4.06. The van der Waals surface area contributed by atoms with Crippen LogP contribution in [0.3, 0.4) is 0 Å². The molecule has 1 atom stereocenters. The summed E-state index contributed by atoms with van der Waals surface area (Å²) in [5, 5.41) is 3.26. The first-order chi connectivity index (χ1) is 9.15. The molecule has 1 unspecified atom stereocenters. The zero-order valence-corrected chi connectivity index (χ0v) is 12.8. The molecule has 0 aromatic heterocycles. The van der Waals surface area contributed by atoms with Crippen LogP contribution >= 0.6 is 12.4 Å². The Balaban J connectivity index is 0.00000147. The van der Waals surface area contributed by atoms with Crippen LogP contribution in [0.2, 0.25) is 0 Å². The fourth-order valence-corrected chi connectivity index (χ4v) is 2.74. The highest BCUT2D eigenvalue weighted by atomic mass is 35.5. The number of carbonyl (C=O) groups excluding carboxylic acids is 1. The number of nitrogens with zero attached hydrogens (tertiary/aromatic N) is 1. The summed E-state index contributed by atoms with van der Waals surface area (Å²) in [6.07, 6.45) is 0.383. The van der Waals surface area contributed by atoms with Gasteiger partial charge in [0.2, 0.25) is 0 Å². The first kappa shape index (κ1) is 15.1. The quantitative estimate of drug-likeness (QED) is 0.853. The molecule has 1 aromatic carbocycles. The van der Waals surface area contributed by atoms with Crippen LogP contribution in [-0.2, 0) is 11.2 Å². The number of nitrogens with one attached hydrogen (secondary N) is 1. The Morgan fingerprint density at radius 2 is 1.90 bits per heavy atom. The summed E-state index contributed by atoms with van der Waals surface area (Å²) in [7, 11) is 0. The molecule has 0 bridgehead atoms. The van der Waals surface area contributed by atoms with Crippen LogP contribution in [0.4, 0.5) is 0 Å². The highest BCUT2D eigenvalue weighted by Crippen LogP contribution is 2.32. The minimum absolute atomic E-state index is 0. The Labute approximate surface area is 125 Å². The van der Waals surface area contributed by atoms with Gasteiger partial charge in [-0.25, -0.2) is 0 Å². The average Bonchev–Trinajstić information content (AvgIpc) is 2.82. The lowest BCUT2D eigenvalue weighted by Crippen LogP contribution is -2.50. The van der Waals surface area contributed by atoms with E-state index in [9.17, 15) is 4.79 Å². The molecule has 110 valence electrons. The molecule has 1 saturated heterocycles. The molecule has 1 fully saturated rings. The molecule has 0 aliphatic carbocycles. The predicted octanol–water partition coefficient (Wildman–Crippen LogP) is 1.46. The number of benzene rings is 1. The van der Waals surface area contributed by atoms with Crippen LogP contribution < -0.4 is 10.1 Å². The van der Waals surface area contributed by atoms with Crippen LogP contribution in [-0.4, -0.2) is 43.1 Å². The second-order valence-corrected chi connectivity index (χ2v) is 5.43. The van der Waals surface area contributed by atoms with E-state index in [1.54, 1.807) is 0 Å². The van der Waals surface area contributed by atoms with Gasteiger partial charge in [-0.2, -0.15) is 0 Å². The SMILES string of the molecule is Cc1cc2c(cc1C)OC(C(=O)N1CCNCC1)C2.Cl. The highest BCUT2D eigenvalue weighted by molar-refractivity contribution is 5.85. The third kappa shape index (κ3) is 2.76. The van der Waals surface area contributed by atoms with Gasteiger partial charge in [-0.3, -0.25) is 4.79 Å². The maximum absolute atomic E-state index is 12.4. The van der Waals surface area contributed by atoms with Crippen LogP contribution in [0, 0.1) is 13.8 Å². The number of hydrogen-bond acceptors (Lipinski definition) is 3. The molecule has 1 amide bonds. The summed E-state index contributed by atoms with van der Waals surface area (Å²) in [5.41, 5.74) is 3.64. The minimum Gasteiger partial charge on any atom is -0.480 e. The second-order valence-electron chi connectivity index (χ2n) is 5.43. The van der Waals surface area contributed by atoms with Gasteiger partial charge in [-0.1, -0.05) is 6.07 Å². The number of amides is 1. The Bertz CT molecular complexity index is 482. The van der Waals surface area contributed by atoms with Crippen molar-refractivity contribution in [1.82, 2.24) is 10.2 Å². The summed E-state index contributed by atoms with van der Waals surface area (Å²) >= 11 is 0. The van der Waals surface area contributed by atoms with Gasteiger partial charge in [0, 0.05) is 32.6 Å². The van der Waals surface area contributed by atoms with E-state index in [0.29, 0.717) is 6.42 Å². The number of piperazine rings is 1. The zero-order chi connectivity index (χ0) is 13.4. The van der Waals surface area contributed by atoms with Gasteiger partial charge in [0.1, 0.15) is 5.75 Å². The van der Waals surface area contributed by atoms with Crippen molar-refractivity contribution in [3.63, 3.8) is 0 Å². The third-order valence-corrected chi connectivity index (χ3v) is 4.06. The Kier molecular flexibility index (Phi) is 4.55. The molecule has 2 aliphatic rings. The van der Waals surface area contributed by atoms with Crippen molar-refractivity contribution in [3.05, 3.63) is 28.8 Å². The van der Waals surface area contributed by atoms with Crippen LogP contribution in [0.1, 0.15) is 16.7 Å². The molecular weight excluding hydrogens is 276 g/mol. The summed E-state index contributed by atoms with van der Waals surface area (Å²) in [6, 6.07) is 4.20. The number of rotatable bonds is 1. The van der Waals surface area contributed by atoms with E-state index in [4.69, 9.17) is 4.74 Å². The number of ether oxygens (including phenoxy) is 1. The number of fused-ring (bicyclic) bond motifs is 1. The number of hydrogen-bond donors (Lipinski definition) is 1. The molecule has 5 heteroatoms. The van der Waals surface area contributed by atoms with Gasteiger partial charge in [0.25, 0.3) is 5.91 Å². The predicted molar refractivity (Wildman–Crippen MR) is 80.7 cm³/mol. The van der Waals surface area contributed by atoms with Gasteiger partial charge < -0.3 is 15.0 Å². The maximum Gasteiger partial charge on any atom is 0.264 e. The van der Waals surface area contributed by atoms with E-state index < -0.39 is 0 Å². The molecular formula is C15H21ClN2O2. The van der Waals surface area contributed by atoms with E-state index in [0.717, 1.165) is 37.5 Å². The smallest absolute Gasteiger partial charge is 0.264 e. The Morgan fingerprint density at radius 3 is 2.60 bits per heavy atom. The van der Waals surface area contributed by atoms with Crippen LogP contribution in [0.25, 0.3) is 0 Å². The maximum atomic E-state index is 12.4. The van der Waals surface area contributed by atoms with E-state index >= 15 is 0 Å². The van der Waals surface area contributed by atoms with Gasteiger partial charge in [-0.15, -0.1) is 12.4 Å². The lowest BCUT2D eigenvalue weighted by molar-refractivity contribution is -0.138. The first-order valence-electron chi connectivity index (χ1n) is 6.91. The summed E-state index contributed by atoms with van der Waals surface area (Å²) in [4.78, 5) is 14.3. The second kappa shape index (κ2) is 6.02. The normalized spacial score (nSPS) is 20.9. The van der Waals surface area contributed by atoms with Crippen molar-refractivity contribution in [1.29, 1.82) is 0 Å². The van der Waals surface area contributed by atoms with Crippen molar-refractivity contribution in [2.24, 2.45) is 0 Å². The standard InChI is InChI=1S/C15H20N2O2.ClH/c1-10-7-12-9-14(19-13(12)8-11(10)2)15(18)17-5-3-16-4-6-17;/h7-8,14,16H,3-6,9H2,1-2H3;1H. The first-order valence-corrected chi connectivity index (χ1v) is 6.91. The molecule has 2 aliphatic heterocycles. The van der Waals surface area contributed by atoms with Crippen molar-refractivity contribution >= 4 is 18.3 Å². The summed E-state index contributed by atoms with van der Waals surface area (Å²) in [5.74, 6) is 1.02. The zero-order valence-electron chi connectivity index (χ0n) is 11.9. The molecule has 2 heterocycles. The van der Waals surface area contributed by atoms with Gasteiger partial charge in [0.05, 0.1) is 0 Å². The number of halogens is 1. The van der Waals surface area contributed by atoms with Crippen molar-refractivity contribution in [2.45, 2.75) is 26.4 Å². The van der Waals surface area contributed by atoms with Crippen molar-refractivity contribution < 1.29 is 9.53 Å². The van der Waals surface area contributed by atoms with Crippen LogP contribution in [0.15, 0.2) is 12.1 Å². The fraction of sp³-hybridized carbons (Fsp3) is 0.533. The number of aryl methyl sites for hydroxylation is 2. The lowest BCUT2D eigenvalue weighted by atomic mass is 10.0. The monoisotopic (exact) mass is 296 g/mol. The molecule has 20 heavy (non-hydrogen) atoms. The van der Waals surface area contributed by atoms with E-state index in [1.165, 1.54) is 11.1 Å². The topological polar surface area (TPSA) is 41.6 Å². The fourth-order valence-electron chi connectivity index (χ4n) is 2.74. The minimum atomic E-state index is -0.325. The Hall–Kier alpha value is -1.26. The van der Waals surface area contributed by atoms with E-state index in [2.05, 4.69) is 31.3 Å². The Morgan fingerprint density at radius 1 is 1.25 bits per heavy atom. The molecule has 0 saturated carbocycles. The highest BCUT2D eigenvalue weighted by Gasteiger charge is 2.33.